The molecule has 0 saturated carbocycles. The van der Waals surface area contributed by atoms with Crippen LogP contribution in [-0.2, 0) is 0 Å². The van der Waals surface area contributed by atoms with Gasteiger partial charge in [0.2, 0.25) is 0 Å². The van der Waals surface area contributed by atoms with E-state index >= 15 is 0 Å². The number of hydrogen-bond acceptors (Lipinski definition) is 0. The molecule has 0 aromatic rings. The molecule has 0 nitrogen and oxygen atoms in total. The minimum Gasteiger partial charge on any atom is -0.0991 e. The predicted octanol–water partition coefficient (Wildman–Crippen LogP) is 4.26. The first kappa shape index (κ1) is 11.2. The summed E-state index contributed by atoms with van der Waals surface area (Å²) in [7, 11) is 0. The molecular weight excluding hydrogens is 144 g/mol. The Balaban J connectivity index is 0.000000202. The Morgan fingerprint density at radius 2 is 1.83 bits per heavy atom. The molecule has 1 aliphatic carbocycles. The number of hydrogen-bond donors (Lipinski definition) is 0. The van der Waals surface area contributed by atoms with E-state index in [1.807, 2.05) is 6.08 Å². The fraction of sp³-hybridized carbons (Fsp3) is 0.500. The number of allylic oxidation sites excluding steroid dienone is 5. The predicted molar refractivity (Wildman–Crippen MR) is 57.2 cm³/mol. The van der Waals surface area contributed by atoms with Crippen molar-refractivity contribution in [3.63, 3.8) is 0 Å². The van der Waals surface area contributed by atoms with E-state index in [4.69, 9.17) is 0 Å². The molecule has 0 aromatic heterocycles. The van der Waals surface area contributed by atoms with Crippen molar-refractivity contribution in [3.05, 3.63) is 37.0 Å². The van der Waals surface area contributed by atoms with Crippen LogP contribution in [0.4, 0.5) is 0 Å². The molecule has 0 amide bonds. The molecule has 0 spiro atoms. The van der Waals surface area contributed by atoms with E-state index in [-0.39, 0.29) is 0 Å². The van der Waals surface area contributed by atoms with Crippen LogP contribution in [0, 0.1) is 0 Å². The lowest BCUT2D eigenvalue weighted by Gasteiger charge is -1.97. The zero-order valence-electron chi connectivity index (χ0n) is 8.13. The van der Waals surface area contributed by atoms with Crippen LogP contribution in [0.25, 0.3) is 0 Å². The van der Waals surface area contributed by atoms with Gasteiger partial charge in [-0.3, -0.25) is 0 Å². The fourth-order valence-electron chi connectivity index (χ4n) is 0.992. The van der Waals surface area contributed by atoms with Crippen molar-refractivity contribution in [2.75, 3.05) is 0 Å². The van der Waals surface area contributed by atoms with Gasteiger partial charge in [-0.05, 0) is 32.1 Å². The second kappa shape index (κ2) is 10.2. The molecule has 0 fully saturated rings. The van der Waals surface area contributed by atoms with Crippen LogP contribution < -0.4 is 0 Å². The highest BCUT2D eigenvalue weighted by atomic mass is 13.9. The van der Waals surface area contributed by atoms with Gasteiger partial charge in [0, 0.05) is 0 Å². The van der Waals surface area contributed by atoms with Crippen LogP contribution in [0.15, 0.2) is 37.0 Å². The molecule has 0 aromatic carbocycles. The summed E-state index contributed by atoms with van der Waals surface area (Å²) < 4.78 is 0. The van der Waals surface area contributed by atoms with Gasteiger partial charge in [0.25, 0.3) is 0 Å². The van der Waals surface area contributed by atoms with Crippen LogP contribution in [0.1, 0.15) is 39.0 Å². The average Bonchev–Trinajstić information content (AvgIpc) is 2.18. The normalized spacial score (nSPS) is 15.4. The topological polar surface area (TPSA) is 0 Å². The first-order valence-electron chi connectivity index (χ1n) is 4.84. The van der Waals surface area contributed by atoms with Crippen LogP contribution >= 0.6 is 0 Å². The van der Waals surface area contributed by atoms with E-state index in [1.165, 1.54) is 25.7 Å². The van der Waals surface area contributed by atoms with Crippen molar-refractivity contribution in [1.29, 1.82) is 0 Å². The van der Waals surface area contributed by atoms with E-state index < -0.39 is 0 Å². The summed E-state index contributed by atoms with van der Waals surface area (Å²) in [6, 6.07) is 0. The molecule has 0 N–H and O–H groups in total. The lowest BCUT2D eigenvalue weighted by molar-refractivity contribution is 0.730. The van der Waals surface area contributed by atoms with Gasteiger partial charge in [-0.2, -0.15) is 0 Å². The monoisotopic (exact) mass is 164 g/mol. The van der Waals surface area contributed by atoms with E-state index in [0.717, 1.165) is 6.42 Å². The highest BCUT2D eigenvalue weighted by Gasteiger charge is 1.87. The Hall–Kier alpha value is -0.780. The molecule has 0 radical (unpaired) electrons. The zero-order valence-corrected chi connectivity index (χ0v) is 8.13. The standard InChI is InChI=1S/2C6H10/c1-2-4-6-5-3-1;1-3-5-6-4-2/h1-2H,3-6H2;3,5-6H,1,4H2,2H3. The summed E-state index contributed by atoms with van der Waals surface area (Å²) in [4.78, 5) is 0. The summed E-state index contributed by atoms with van der Waals surface area (Å²) in [5.41, 5.74) is 0. The second-order valence-electron chi connectivity index (χ2n) is 2.83. The largest absolute Gasteiger partial charge is 0.0991 e. The lowest BCUT2D eigenvalue weighted by atomic mass is 10.1. The van der Waals surface area contributed by atoms with E-state index in [2.05, 4.69) is 31.7 Å². The van der Waals surface area contributed by atoms with Gasteiger partial charge in [0.15, 0.2) is 0 Å². The van der Waals surface area contributed by atoms with Crippen LogP contribution in [0.2, 0.25) is 0 Å². The first-order chi connectivity index (χ1) is 5.91. The Kier molecular flexibility index (Phi) is 9.56. The van der Waals surface area contributed by atoms with Gasteiger partial charge in [0.1, 0.15) is 0 Å². The third kappa shape index (κ3) is 9.22. The van der Waals surface area contributed by atoms with E-state index in [1.54, 1.807) is 6.08 Å². The molecule has 1 aliphatic rings. The molecule has 0 heteroatoms. The minimum absolute atomic E-state index is 1.10. The molecule has 0 heterocycles. The fourth-order valence-corrected chi connectivity index (χ4v) is 0.992. The molecule has 0 aliphatic heterocycles. The lowest BCUT2D eigenvalue weighted by Crippen LogP contribution is -1.77. The summed E-state index contributed by atoms with van der Waals surface area (Å²) in [6.45, 7) is 5.61. The van der Waals surface area contributed by atoms with Crippen molar-refractivity contribution in [2.45, 2.75) is 39.0 Å². The maximum Gasteiger partial charge on any atom is -0.0351 e. The quantitative estimate of drug-likeness (QED) is 0.422. The van der Waals surface area contributed by atoms with Gasteiger partial charge in [-0.25, -0.2) is 0 Å². The zero-order chi connectivity index (χ0) is 9.07. The van der Waals surface area contributed by atoms with Crippen LogP contribution in [0.3, 0.4) is 0 Å². The third-order valence-electron chi connectivity index (χ3n) is 1.67. The SMILES string of the molecule is C1=CCCCC1.C=CC=CCC. The van der Waals surface area contributed by atoms with Crippen molar-refractivity contribution in [3.8, 4) is 0 Å². The smallest absolute Gasteiger partial charge is 0.0351 e. The summed E-state index contributed by atoms with van der Waals surface area (Å²) >= 11 is 0. The molecule has 0 unspecified atom stereocenters. The molecule has 0 saturated heterocycles. The molecule has 0 bridgehead atoms. The molecular formula is C12H20. The van der Waals surface area contributed by atoms with Crippen LogP contribution in [0.5, 0.6) is 0 Å². The Morgan fingerprint density at radius 3 is 2.00 bits per heavy atom. The van der Waals surface area contributed by atoms with Gasteiger partial charge in [-0.15, -0.1) is 0 Å². The van der Waals surface area contributed by atoms with Crippen LogP contribution in [-0.4, -0.2) is 0 Å². The van der Waals surface area contributed by atoms with E-state index in [9.17, 15) is 0 Å². The summed E-state index contributed by atoms with van der Waals surface area (Å²) in [5, 5.41) is 0. The molecule has 1 rings (SSSR count). The molecule has 12 heavy (non-hydrogen) atoms. The third-order valence-corrected chi connectivity index (χ3v) is 1.67. The van der Waals surface area contributed by atoms with Gasteiger partial charge >= 0.3 is 0 Å². The van der Waals surface area contributed by atoms with Crippen molar-refractivity contribution >= 4 is 0 Å². The van der Waals surface area contributed by atoms with Crippen molar-refractivity contribution in [1.82, 2.24) is 0 Å². The Bertz CT molecular complexity index is 132. The summed E-state index contributed by atoms with van der Waals surface area (Å²) in [5.74, 6) is 0. The van der Waals surface area contributed by atoms with Crippen molar-refractivity contribution in [2.24, 2.45) is 0 Å². The van der Waals surface area contributed by atoms with Gasteiger partial charge in [-0.1, -0.05) is 43.9 Å². The highest BCUT2D eigenvalue weighted by molar-refractivity contribution is 4.96. The minimum atomic E-state index is 1.10. The maximum absolute atomic E-state index is 3.51. The first-order valence-corrected chi connectivity index (χ1v) is 4.84. The van der Waals surface area contributed by atoms with E-state index in [0.29, 0.717) is 0 Å². The second-order valence-corrected chi connectivity index (χ2v) is 2.83. The van der Waals surface area contributed by atoms with Gasteiger partial charge < -0.3 is 0 Å². The summed E-state index contributed by atoms with van der Waals surface area (Å²) in [6.07, 6.45) is 16.9. The Morgan fingerprint density at radius 1 is 1.25 bits per heavy atom. The van der Waals surface area contributed by atoms with Crippen molar-refractivity contribution < 1.29 is 0 Å². The Labute approximate surface area is 76.7 Å². The highest BCUT2D eigenvalue weighted by Crippen LogP contribution is 2.07. The average molecular weight is 164 g/mol. The number of rotatable bonds is 2. The molecule has 0 atom stereocenters. The maximum atomic E-state index is 3.51. The molecule has 68 valence electrons. The van der Waals surface area contributed by atoms with Gasteiger partial charge in [0.05, 0.1) is 0 Å².